The molecule has 2 aromatic rings. The van der Waals surface area contributed by atoms with E-state index in [1.54, 1.807) is 6.92 Å². The number of hydrogen-bond donors (Lipinski definition) is 2. The van der Waals surface area contributed by atoms with Crippen molar-refractivity contribution >= 4 is 11.9 Å². The molecule has 25 heavy (non-hydrogen) atoms. The maximum atomic E-state index is 12.3. The monoisotopic (exact) mass is 339 g/mol. The first kappa shape index (κ1) is 17.2. The topological polar surface area (TPSA) is 89.6 Å². The van der Waals surface area contributed by atoms with Crippen molar-refractivity contribution in [3.63, 3.8) is 0 Å². The molecule has 0 saturated heterocycles. The molecule has 1 aliphatic rings. The number of fused-ring (bicyclic) bond motifs is 3. The van der Waals surface area contributed by atoms with Crippen molar-refractivity contribution < 1.29 is 19.4 Å². The number of carboxylic acid groups (broad SMARTS) is 1. The van der Waals surface area contributed by atoms with Crippen molar-refractivity contribution in [2.75, 3.05) is 6.61 Å². The average molecular weight is 339 g/mol. The predicted molar refractivity (Wildman–Crippen MR) is 94.1 cm³/mol. The van der Waals surface area contributed by atoms with Crippen molar-refractivity contribution in [3.8, 4) is 11.1 Å². The van der Waals surface area contributed by atoms with Crippen LogP contribution in [0.1, 0.15) is 36.8 Å². The van der Waals surface area contributed by atoms with Gasteiger partial charge in [0.1, 0.15) is 6.61 Å². The first-order valence-electron chi connectivity index (χ1n) is 8.36. The summed E-state index contributed by atoms with van der Waals surface area (Å²) in [7, 11) is 0. The Hall–Kier alpha value is -2.66. The number of hydrogen-bond acceptors (Lipinski definition) is 4. The molecule has 0 spiro atoms. The van der Waals surface area contributed by atoms with E-state index in [2.05, 4.69) is 0 Å². The van der Waals surface area contributed by atoms with Crippen LogP contribution < -0.4 is 5.73 Å². The molecule has 5 nitrogen and oxygen atoms in total. The fourth-order valence-electron chi connectivity index (χ4n) is 3.42. The molecule has 3 rings (SSSR count). The molecule has 5 heteroatoms. The van der Waals surface area contributed by atoms with Crippen molar-refractivity contribution in [2.45, 2.75) is 31.2 Å². The minimum Gasteiger partial charge on any atom is -0.479 e. The van der Waals surface area contributed by atoms with Crippen LogP contribution in [-0.2, 0) is 14.3 Å². The summed E-state index contributed by atoms with van der Waals surface area (Å²) >= 11 is 0. The van der Waals surface area contributed by atoms with E-state index in [4.69, 9.17) is 10.5 Å². The molecule has 0 saturated carbocycles. The van der Waals surface area contributed by atoms with Crippen molar-refractivity contribution in [1.82, 2.24) is 0 Å². The van der Waals surface area contributed by atoms with Crippen LogP contribution in [-0.4, -0.2) is 29.2 Å². The zero-order chi connectivity index (χ0) is 18.0. The van der Waals surface area contributed by atoms with Gasteiger partial charge in [-0.05, 0) is 28.7 Å². The summed E-state index contributed by atoms with van der Waals surface area (Å²) in [6, 6.07) is 15.9. The smallest absolute Gasteiger partial charge is 0.337 e. The van der Waals surface area contributed by atoms with Crippen molar-refractivity contribution in [1.29, 1.82) is 0 Å². The lowest BCUT2D eigenvalue weighted by atomic mass is 9.94. The second-order valence-electron chi connectivity index (χ2n) is 6.35. The standard InChI is InChI=1S/C20H21NO4/c1-2-11-20(21,18(22)23)19(24)25-12-17-15-9-5-3-7-13(15)14-8-4-6-10-16(14)17/h3-10,17H,2,11-12,21H2,1H3,(H,22,23)/t20-/m1/s1. The second-order valence-corrected chi connectivity index (χ2v) is 6.35. The fraction of sp³-hybridized carbons (Fsp3) is 0.300. The van der Waals surface area contributed by atoms with Crippen molar-refractivity contribution in [2.24, 2.45) is 5.73 Å². The normalized spacial score (nSPS) is 15.1. The highest BCUT2D eigenvalue weighted by molar-refractivity contribution is 6.03. The van der Waals surface area contributed by atoms with E-state index in [0.717, 1.165) is 22.3 Å². The Bertz CT molecular complexity index is 771. The number of ether oxygens (including phenoxy) is 1. The zero-order valence-corrected chi connectivity index (χ0v) is 14.1. The second kappa shape index (κ2) is 6.69. The first-order valence-corrected chi connectivity index (χ1v) is 8.36. The maximum absolute atomic E-state index is 12.3. The Labute approximate surface area is 146 Å². The third-order valence-corrected chi connectivity index (χ3v) is 4.73. The largest absolute Gasteiger partial charge is 0.479 e. The summed E-state index contributed by atoms with van der Waals surface area (Å²) in [5, 5.41) is 9.32. The van der Waals surface area contributed by atoms with Crippen LogP contribution in [0.5, 0.6) is 0 Å². The molecule has 0 fully saturated rings. The van der Waals surface area contributed by atoms with E-state index in [-0.39, 0.29) is 18.9 Å². The van der Waals surface area contributed by atoms with E-state index in [9.17, 15) is 14.7 Å². The number of nitrogens with two attached hydrogens (primary N) is 1. The van der Waals surface area contributed by atoms with Gasteiger partial charge < -0.3 is 15.6 Å². The minimum atomic E-state index is -1.99. The summed E-state index contributed by atoms with van der Waals surface area (Å²) in [5.74, 6) is -2.36. The third-order valence-electron chi connectivity index (χ3n) is 4.73. The van der Waals surface area contributed by atoms with Crippen LogP contribution in [0, 0.1) is 0 Å². The molecule has 0 amide bonds. The van der Waals surface area contributed by atoms with Gasteiger partial charge in [0.05, 0.1) is 0 Å². The summed E-state index contributed by atoms with van der Waals surface area (Å²) in [4.78, 5) is 23.8. The Morgan fingerprint density at radius 1 is 1.08 bits per heavy atom. The first-order chi connectivity index (χ1) is 12.0. The highest BCUT2D eigenvalue weighted by atomic mass is 16.5. The van der Waals surface area contributed by atoms with Gasteiger partial charge in [-0.1, -0.05) is 61.9 Å². The number of aliphatic carboxylic acids is 1. The molecular formula is C20H21NO4. The van der Waals surface area contributed by atoms with Crippen molar-refractivity contribution in [3.05, 3.63) is 59.7 Å². The average Bonchev–Trinajstić information content (AvgIpc) is 2.93. The lowest BCUT2D eigenvalue weighted by Gasteiger charge is -2.23. The lowest BCUT2D eigenvalue weighted by Crippen LogP contribution is -2.55. The molecular weight excluding hydrogens is 318 g/mol. The highest BCUT2D eigenvalue weighted by Gasteiger charge is 2.43. The summed E-state index contributed by atoms with van der Waals surface area (Å²) in [6.07, 6.45) is 0.520. The van der Waals surface area contributed by atoms with Crippen LogP contribution >= 0.6 is 0 Å². The molecule has 0 unspecified atom stereocenters. The Kier molecular flexibility index (Phi) is 4.59. The van der Waals surface area contributed by atoms with E-state index in [0.29, 0.717) is 6.42 Å². The van der Waals surface area contributed by atoms with Gasteiger partial charge in [-0.3, -0.25) is 0 Å². The Balaban J connectivity index is 1.84. The molecule has 0 aliphatic heterocycles. The lowest BCUT2D eigenvalue weighted by molar-refractivity contribution is -0.161. The van der Waals surface area contributed by atoms with Gasteiger partial charge in [0.15, 0.2) is 0 Å². The summed E-state index contributed by atoms with van der Waals surface area (Å²) in [5.41, 5.74) is 8.18. The van der Waals surface area contributed by atoms with Gasteiger partial charge in [-0.15, -0.1) is 0 Å². The maximum Gasteiger partial charge on any atom is 0.337 e. The van der Waals surface area contributed by atoms with Crippen LogP contribution in [0.3, 0.4) is 0 Å². The van der Waals surface area contributed by atoms with Crippen LogP contribution in [0.4, 0.5) is 0 Å². The molecule has 130 valence electrons. The van der Waals surface area contributed by atoms with Crippen LogP contribution in [0.2, 0.25) is 0 Å². The van der Waals surface area contributed by atoms with E-state index < -0.39 is 17.5 Å². The van der Waals surface area contributed by atoms with E-state index >= 15 is 0 Å². The molecule has 0 bridgehead atoms. The molecule has 2 aromatic carbocycles. The number of rotatable bonds is 6. The number of benzene rings is 2. The quantitative estimate of drug-likeness (QED) is 0.624. The Morgan fingerprint density at radius 2 is 1.60 bits per heavy atom. The molecule has 0 heterocycles. The van der Waals surface area contributed by atoms with Gasteiger partial charge in [0.25, 0.3) is 0 Å². The number of esters is 1. The Morgan fingerprint density at radius 3 is 2.08 bits per heavy atom. The minimum absolute atomic E-state index is 0.0407. The van der Waals surface area contributed by atoms with Crippen LogP contribution in [0.25, 0.3) is 11.1 Å². The van der Waals surface area contributed by atoms with Gasteiger partial charge in [0.2, 0.25) is 5.54 Å². The number of carbonyl (C=O) groups is 2. The van der Waals surface area contributed by atoms with Crippen LogP contribution in [0.15, 0.2) is 48.5 Å². The van der Waals surface area contributed by atoms with E-state index in [1.807, 2.05) is 48.5 Å². The third kappa shape index (κ3) is 2.91. The predicted octanol–water partition coefficient (Wildman–Crippen LogP) is 2.92. The molecule has 1 aliphatic carbocycles. The van der Waals surface area contributed by atoms with Gasteiger partial charge in [0, 0.05) is 5.92 Å². The number of carbonyl (C=O) groups excluding carboxylic acids is 1. The molecule has 1 atom stereocenters. The fourth-order valence-corrected chi connectivity index (χ4v) is 3.42. The highest BCUT2D eigenvalue weighted by Crippen LogP contribution is 2.44. The summed E-state index contributed by atoms with van der Waals surface area (Å²) < 4.78 is 5.37. The van der Waals surface area contributed by atoms with E-state index in [1.165, 1.54) is 0 Å². The van der Waals surface area contributed by atoms with Gasteiger partial charge in [-0.25, -0.2) is 9.59 Å². The van der Waals surface area contributed by atoms with Gasteiger partial charge >= 0.3 is 11.9 Å². The summed E-state index contributed by atoms with van der Waals surface area (Å²) in [6.45, 7) is 1.85. The molecule has 3 N–H and O–H groups in total. The molecule has 0 aromatic heterocycles. The SMILES string of the molecule is CCC[C@@](N)(C(=O)O)C(=O)OCC1c2ccccc2-c2ccccc21. The number of carboxylic acids is 1. The zero-order valence-electron chi connectivity index (χ0n) is 14.1. The van der Waals surface area contributed by atoms with Gasteiger partial charge in [-0.2, -0.15) is 0 Å². The molecule has 0 radical (unpaired) electrons.